The second-order valence-corrected chi connectivity index (χ2v) is 8.20. The average molecular weight is 301 g/mol. The maximum Gasteiger partial charge on any atom is 0.337 e. The van der Waals surface area contributed by atoms with Gasteiger partial charge in [-0.2, -0.15) is 0 Å². The van der Waals surface area contributed by atoms with Gasteiger partial charge >= 0.3 is 5.97 Å². The molecule has 0 unspecified atom stereocenters. The van der Waals surface area contributed by atoms with Crippen molar-refractivity contribution in [3.8, 4) is 5.75 Å². The van der Waals surface area contributed by atoms with E-state index in [1.807, 2.05) is 0 Å². The van der Waals surface area contributed by atoms with E-state index in [0.717, 1.165) is 0 Å². The SMILES string of the molecule is CC(C)(C)S(=O)(=O)CCOc1ccc(C(=O)O)c(N)c1. The van der Waals surface area contributed by atoms with Gasteiger partial charge in [-0.25, -0.2) is 13.2 Å². The molecule has 0 radical (unpaired) electrons. The van der Waals surface area contributed by atoms with Gasteiger partial charge < -0.3 is 15.6 Å². The van der Waals surface area contributed by atoms with Crippen LogP contribution in [0.5, 0.6) is 5.75 Å². The fourth-order valence-corrected chi connectivity index (χ4v) is 2.32. The maximum absolute atomic E-state index is 11.9. The summed E-state index contributed by atoms with van der Waals surface area (Å²) in [6.07, 6.45) is 0. The number of carbonyl (C=O) groups is 1. The van der Waals surface area contributed by atoms with E-state index in [4.69, 9.17) is 15.6 Å². The first-order valence-electron chi connectivity index (χ1n) is 6.02. The van der Waals surface area contributed by atoms with Crippen molar-refractivity contribution in [2.24, 2.45) is 0 Å². The number of nitrogens with two attached hydrogens (primary N) is 1. The van der Waals surface area contributed by atoms with Gasteiger partial charge in [0, 0.05) is 11.8 Å². The second-order valence-electron chi connectivity index (χ2n) is 5.33. The molecule has 1 aromatic rings. The number of ether oxygens (including phenoxy) is 1. The zero-order chi connectivity index (χ0) is 15.6. The fourth-order valence-electron chi connectivity index (χ4n) is 1.40. The lowest BCUT2D eigenvalue weighted by Crippen LogP contribution is -2.32. The van der Waals surface area contributed by atoms with Crippen LogP contribution in [-0.2, 0) is 9.84 Å². The van der Waals surface area contributed by atoms with Crippen molar-refractivity contribution in [3.63, 3.8) is 0 Å². The highest BCUT2D eigenvalue weighted by Crippen LogP contribution is 2.21. The third-order valence-electron chi connectivity index (χ3n) is 2.81. The molecule has 6 nitrogen and oxygen atoms in total. The largest absolute Gasteiger partial charge is 0.492 e. The van der Waals surface area contributed by atoms with E-state index in [9.17, 15) is 13.2 Å². The number of nitrogen functional groups attached to an aromatic ring is 1. The van der Waals surface area contributed by atoms with Crippen molar-refractivity contribution >= 4 is 21.5 Å². The molecule has 0 saturated carbocycles. The van der Waals surface area contributed by atoms with Crippen LogP contribution >= 0.6 is 0 Å². The van der Waals surface area contributed by atoms with Crippen LogP contribution in [0.2, 0.25) is 0 Å². The summed E-state index contributed by atoms with van der Waals surface area (Å²) >= 11 is 0. The summed E-state index contributed by atoms with van der Waals surface area (Å²) < 4.78 is 28.2. The molecule has 0 saturated heterocycles. The number of hydrogen-bond donors (Lipinski definition) is 2. The normalized spacial score (nSPS) is 12.2. The molecule has 0 bridgehead atoms. The molecule has 1 rings (SSSR count). The van der Waals surface area contributed by atoms with Crippen LogP contribution in [0.1, 0.15) is 31.1 Å². The minimum Gasteiger partial charge on any atom is -0.492 e. The van der Waals surface area contributed by atoms with Crippen LogP contribution in [0.3, 0.4) is 0 Å². The number of aromatic carboxylic acids is 1. The van der Waals surface area contributed by atoms with Gasteiger partial charge in [0.05, 0.1) is 16.1 Å². The summed E-state index contributed by atoms with van der Waals surface area (Å²) in [6.45, 7) is 4.87. The molecule has 1 aromatic carbocycles. The van der Waals surface area contributed by atoms with E-state index >= 15 is 0 Å². The number of hydrogen-bond acceptors (Lipinski definition) is 5. The Balaban J connectivity index is 2.69. The Kier molecular flexibility index (Phi) is 4.65. The minimum atomic E-state index is -3.25. The van der Waals surface area contributed by atoms with Gasteiger partial charge in [0.2, 0.25) is 0 Å². The summed E-state index contributed by atoms with van der Waals surface area (Å²) in [6, 6.07) is 4.14. The standard InChI is InChI=1S/C13H19NO5S/c1-13(2,3)20(17,18)7-6-19-9-4-5-10(12(15)16)11(14)8-9/h4-5,8H,6-7,14H2,1-3H3,(H,15,16). The van der Waals surface area contributed by atoms with E-state index < -0.39 is 20.6 Å². The first-order valence-corrected chi connectivity index (χ1v) is 7.68. The Bertz CT molecular complexity index is 602. The van der Waals surface area contributed by atoms with Gasteiger partial charge in [0.15, 0.2) is 9.84 Å². The first-order chi connectivity index (χ1) is 9.04. The third kappa shape index (κ3) is 3.86. The van der Waals surface area contributed by atoms with Crippen LogP contribution < -0.4 is 10.5 Å². The van der Waals surface area contributed by atoms with E-state index in [-0.39, 0.29) is 23.6 Å². The van der Waals surface area contributed by atoms with Crippen LogP contribution in [-0.4, -0.2) is 36.6 Å². The summed E-state index contributed by atoms with van der Waals surface area (Å²) in [4.78, 5) is 10.8. The molecule has 0 heterocycles. The number of anilines is 1. The van der Waals surface area contributed by atoms with Crippen molar-refractivity contribution < 1.29 is 23.1 Å². The molecule has 0 fully saturated rings. The first kappa shape index (κ1) is 16.3. The van der Waals surface area contributed by atoms with E-state index in [0.29, 0.717) is 5.75 Å². The predicted molar refractivity (Wildman–Crippen MR) is 76.8 cm³/mol. The Morgan fingerprint density at radius 2 is 1.95 bits per heavy atom. The van der Waals surface area contributed by atoms with Crippen LogP contribution in [0.25, 0.3) is 0 Å². The Morgan fingerprint density at radius 3 is 2.40 bits per heavy atom. The number of carboxylic acids is 1. The number of carboxylic acid groups (broad SMARTS) is 1. The van der Waals surface area contributed by atoms with Crippen LogP contribution in [0.4, 0.5) is 5.69 Å². The van der Waals surface area contributed by atoms with Gasteiger partial charge in [-0.05, 0) is 32.9 Å². The van der Waals surface area contributed by atoms with Crippen molar-refractivity contribution in [2.75, 3.05) is 18.1 Å². The number of rotatable bonds is 5. The summed E-state index contributed by atoms with van der Waals surface area (Å²) in [5.41, 5.74) is 5.63. The Morgan fingerprint density at radius 1 is 1.35 bits per heavy atom. The Hall–Kier alpha value is -1.76. The quantitative estimate of drug-likeness (QED) is 0.799. The van der Waals surface area contributed by atoms with Crippen LogP contribution in [0.15, 0.2) is 18.2 Å². The molecule has 20 heavy (non-hydrogen) atoms. The van der Waals surface area contributed by atoms with Crippen molar-refractivity contribution in [3.05, 3.63) is 23.8 Å². The molecule has 3 N–H and O–H groups in total. The highest BCUT2D eigenvalue weighted by atomic mass is 32.2. The smallest absolute Gasteiger partial charge is 0.337 e. The molecule has 0 aliphatic carbocycles. The third-order valence-corrected chi connectivity index (χ3v) is 5.38. The highest BCUT2D eigenvalue weighted by molar-refractivity contribution is 7.92. The monoisotopic (exact) mass is 301 g/mol. The molecule has 0 amide bonds. The molecular formula is C13H19NO5S. The molecule has 0 spiro atoms. The van der Waals surface area contributed by atoms with Gasteiger partial charge in [-0.3, -0.25) is 0 Å². The molecular weight excluding hydrogens is 282 g/mol. The Labute approximate surface area is 118 Å². The molecule has 0 aromatic heterocycles. The van der Waals surface area contributed by atoms with Gasteiger partial charge in [0.1, 0.15) is 12.4 Å². The minimum absolute atomic E-state index is 0.00847. The lowest BCUT2D eigenvalue weighted by molar-refractivity contribution is 0.0698. The van der Waals surface area contributed by atoms with E-state index in [1.165, 1.54) is 18.2 Å². The highest BCUT2D eigenvalue weighted by Gasteiger charge is 2.28. The van der Waals surface area contributed by atoms with Gasteiger partial charge in [-0.1, -0.05) is 0 Å². The zero-order valence-corrected chi connectivity index (χ0v) is 12.5. The van der Waals surface area contributed by atoms with Crippen molar-refractivity contribution in [1.29, 1.82) is 0 Å². The van der Waals surface area contributed by atoms with E-state index in [2.05, 4.69) is 0 Å². The lowest BCUT2D eigenvalue weighted by atomic mass is 10.2. The van der Waals surface area contributed by atoms with Gasteiger partial charge in [0.25, 0.3) is 0 Å². The van der Waals surface area contributed by atoms with Gasteiger partial charge in [-0.15, -0.1) is 0 Å². The molecule has 0 atom stereocenters. The van der Waals surface area contributed by atoms with Crippen molar-refractivity contribution in [1.82, 2.24) is 0 Å². The predicted octanol–water partition coefficient (Wildman–Crippen LogP) is 1.56. The number of benzene rings is 1. The fraction of sp³-hybridized carbons (Fsp3) is 0.462. The molecule has 112 valence electrons. The summed E-state index contributed by atoms with van der Waals surface area (Å²) in [5.74, 6) is -0.891. The second kappa shape index (κ2) is 5.70. The zero-order valence-electron chi connectivity index (χ0n) is 11.7. The maximum atomic E-state index is 11.9. The summed E-state index contributed by atoms with van der Waals surface area (Å²) in [5, 5.41) is 8.83. The molecule has 0 aliphatic heterocycles. The topological polar surface area (TPSA) is 107 Å². The number of sulfone groups is 1. The summed E-state index contributed by atoms with van der Waals surface area (Å²) in [7, 11) is -3.25. The molecule has 7 heteroatoms. The van der Waals surface area contributed by atoms with E-state index in [1.54, 1.807) is 20.8 Å². The average Bonchev–Trinajstić information content (AvgIpc) is 2.26. The molecule has 0 aliphatic rings. The lowest BCUT2D eigenvalue weighted by Gasteiger charge is -2.19. The van der Waals surface area contributed by atoms with Crippen LogP contribution in [0, 0.1) is 0 Å². The van der Waals surface area contributed by atoms with Crippen molar-refractivity contribution in [2.45, 2.75) is 25.5 Å².